The van der Waals surface area contributed by atoms with E-state index in [1.54, 1.807) is 18.2 Å². The van der Waals surface area contributed by atoms with Crippen molar-refractivity contribution in [2.75, 3.05) is 14.2 Å². The molecule has 3 aromatic rings. The van der Waals surface area contributed by atoms with Crippen LogP contribution in [0.15, 0.2) is 45.7 Å². The molecule has 11 nitrogen and oxygen atoms in total. The normalized spacial score (nSPS) is 11.5. The number of methoxy groups -OCH3 is 2. The number of halogens is 2. The van der Waals surface area contributed by atoms with Gasteiger partial charge >= 0.3 is 6.43 Å². The predicted octanol–water partition coefficient (Wildman–Crippen LogP) is 3.08. The molecule has 14 heteroatoms. The highest BCUT2D eigenvalue weighted by molar-refractivity contribution is 7.89. The molecular weight excluding hydrogens is 454 g/mol. The summed E-state index contributed by atoms with van der Waals surface area (Å²) in [5, 5.41) is 17.7. The Balaban J connectivity index is 2.00. The highest BCUT2D eigenvalue weighted by Gasteiger charge is 2.27. The number of aromatic nitrogens is 2. The molecule has 0 saturated heterocycles. The Labute approximate surface area is 180 Å². The first-order chi connectivity index (χ1) is 15.2. The smallest absolute Gasteiger partial charge is 0.314 e. The Morgan fingerprint density at radius 1 is 1.16 bits per heavy atom. The number of sulfonamides is 1. The summed E-state index contributed by atoms with van der Waals surface area (Å²) < 4.78 is 69.0. The van der Waals surface area contributed by atoms with Gasteiger partial charge in [0.1, 0.15) is 16.4 Å². The van der Waals surface area contributed by atoms with E-state index < -0.39 is 43.7 Å². The van der Waals surface area contributed by atoms with Crippen LogP contribution in [-0.2, 0) is 16.6 Å². The molecule has 0 fully saturated rings. The van der Waals surface area contributed by atoms with Gasteiger partial charge in [-0.15, -0.1) is 10.2 Å². The van der Waals surface area contributed by atoms with Crippen LogP contribution in [-0.4, -0.2) is 37.8 Å². The minimum absolute atomic E-state index is 0.246. The van der Waals surface area contributed by atoms with Gasteiger partial charge in [-0.3, -0.25) is 10.1 Å². The Kier molecular flexibility index (Phi) is 6.64. The van der Waals surface area contributed by atoms with Crippen LogP contribution in [0, 0.1) is 10.1 Å². The quantitative estimate of drug-likeness (QED) is 0.368. The number of nitro groups is 1. The van der Waals surface area contributed by atoms with E-state index >= 15 is 0 Å². The van der Waals surface area contributed by atoms with E-state index in [4.69, 9.17) is 13.9 Å². The summed E-state index contributed by atoms with van der Waals surface area (Å²) in [6.07, 6.45) is -3.07. The van der Waals surface area contributed by atoms with Crippen molar-refractivity contribution in [3.63, 3.8) is 0 Å². The van der Waals surface area contributed by atoms with E-state index in [-0.39, 0.29) is 12.1 Å². The Morgan fingerprint density at radius 3 is 2.50 bits per heavy atom. The van der Waals surface area contributed by atoms with Crippen LogP contribution in [0.3, 0.4) is 0 Å². The van der Waals surface area contributed by atoms with Gasteiger partial charge in [0.2, 0.25) is 15.9 Å². The van der Waals surface area contributed by atoms with Crippen molar-refractivity contribution in [2.45, 2.75) is 17.9 Å². The van der Waals surface area contributed by atoms with Crippen molar-refractivity contribution < 1.29 is 36.0 Å². The molecule has 1 N–H and O–H groups in total. The fourth-order valence-electron chi connectivity index (χ4n) is 2.70. The van der Waals surface area contributed by atoms with Gasteiger partial charge in [0.05, 0.1) is 24.7 Å². The molecule has 0 atom stereocenters. The minimum atomic E-state index is -4.40. The number of non-ortho nitro benzene ring substituents is 1. The molecule has 0 amide bonds. The molecule has 0 bridgehead atoms. The van der Waals surface area contributed by atoms with Crippen molar-refractivity contribution in [3.05, 3.63) is 58.0 Å². The summed E-state index contributed by atoms with van der Waals surface area (Å²) in [6, 6.07) is 7.51. The average Bonchev–Trinajstić information content (AvgIpc) is 3.27. The largest absolute Gasteiger partial charge is 0.497 e. The summed E-state index contributed by atoms with van der Waals surface area (Å²) in [6.45, 7) is -0.246. The van der Waals surface area contributed by atoms with Crippen LogP contribution < -0.4 is 14.2 Å². The second kappa shape index (κ2) is 9.23. The fraction of sp³-hybridized carbons (Fsp3) is 0.222. The van der Waals surface area contributed by atoms with Gasteiger partial charge < -0.3 is 13.9 Å². The molecule has 0 aliphatic heterocycles. The molecule has 0 spiro atoms. The van der Waals surface area contributed by atoms with Gasteiger partial charge in [0, 0.05) is 30.3 Å². The molecule has 0 saturated carbocycles. The predicted molar refractivity (Wildman–Crippen MR) is 105 cm³/mol. The van der Waals surface area contributed by atoms with Gasteiger partial charge in [-0.1, -0.05) is 6.07 Å². The minimum Gasteiger partial charge on any atom is -0.497 e. The summed E-state index contributed by atoms with van der Waals surface area (Å²) in [5.74, 6) is -0.722. The molecule has 1 aromatic heterocycles. The number of benzene rings is 2. The molecule has 0 aliphatic rings. The lowest BCUT2D eigenvalue weighted by atomic mass is 10.2. The van der Waals surface area contributed by atoms with E-state index in [0.717, 1.165) is 18.2 Å². The van der Waals surface area contributed by atoms with E-state index in [2.05, 4.69) is 14.9 Å². The zero-order valence-corrected chi connectivity index (χ0v) is 17.4. The highest BCUT2D eigenvalue weighted by atomic mass is 32.2. The number of nitro benzene ring substituents is 1. The van der Waals surface area contributed by atoms with Crippen LogP contribution >= 0.6 is 0 Å². The number of nitrogens with zero attached hydrogens (tertiary/aromatic N) is 3. The monoisotopic (exact) mass is 470 g/mol. The number of hydrogen-bond donors (Lipinski definition) is 1. The van der Waals surface area contributed by atoms with Crippen LogP contribution in [0.5, 0.6) is 11.5 Å². The lowest BCUT2D eigenvalue weighted by Gasteiger charge is -2.13. The summed E-state index contributed by atoms with van der Waals surface area (Å²) in [5.41, 5.74) is -0.365. The fourth-order valence-corrected chi connectivity index (χ4v) is 3.93. The van der Waals surface area contributed by atoms with Crippen LogP contribution in [0.4, 0.5) is 14.5 Å². The molecule has 32 heavy (non-hydrogen) atoms. The lowest BCUT2D eigenvalue weighted by molar-refractivity contribution is -0.385. The Bertz CT molecular complexity index is 1250. The van der Waals surface area contributed by atoms with Gasteiger partial charge in [-0.05, 0) is 12.1 Å². The zero-order valence-electron chi connectivity index (χ0n) is 16.6. The third kappa shape index (κ3) is 4.81. The first kappa shape index (κ1) is 23.0. The summed E-state index contributed by atoms with van der Waals surface area (Å²) in [7, 11) is -1.55. The van der Waals surface area contributed by atoms with Gasteiger partial charge in [0.25, 0.3) is 11.6 Å². The first-order valence-corrected chi connectivity index (χ1v) is 10.3. The molecule has 170 valence electrons. The Morgan fingerprint density at radius 2 is 1.91 bits per heavy atom. The lowest BCUT2D eigenvalue weighted by Crippen LogP contribution is -2.24. The van der Waals surface area contributed by atoms with Crippen molar-refractivity contribution >= 4 is 15.7 Å². The number of rotatable bonds is 9. The maximum Gasteiger partial charge on any atom is 0.314 e. The van der Waals surface area contributed by atoms with Crippen LogP contribution in [0.1, 0.15) is 17.9 Å². The van der Waals surface area contributed by atoms with Gasteiger partial charge in [0.15, 0.2) is 0 Å². The van der Waals surface area contributed by atoms with Crippen molar-refractivity contribution in [1.29, 1.82) is 0 Å². The third-order valence-corrected chi connectivity index (χ3v) is 5.71. The van der Waals surface area contributed by atoms with Crippen molar-refractivity contribution in [3.8, 4) is 23.0 Å². The maximum atomic E-state index is 13.0. The average molecular weight is 470 g/mol. The van der Waals surface area contributed by atoms with Crippen LogP contribution in [0.25, 0.3) is 11.5 Å². The highest BCUT2D eigenvalue weighted by Crippen LogP contribution is 2.32. The second-order valence-corrected chi connectivity index (χ2v) is 7.92. The van der Waals surface area contributed by atoms with Gasteiger partial charge in [-0.2, -0.15) is 8.78 Å². The topological polar surface area (TPSA) is 147 Å². The zero-order chi connectivity index (χ0) is 23.5. The molecule has 3 rings (SSSR count). The summed E-state index contributed by atoms with van der Waals surface area (Å²) >= 11 is 0. The number of nitrogens with one attached hydrogen (secondary N) is 1. The van der Waals surface area contributed by atoms with Gasteiger partial charge in [-0.25, -0.2) is 13.1 Å². The van der Waals surface area contributed by atoms with Crippen molar-refractivity contribution in [2.24, 2.45) is 0 Å². The van der Waals surface area contributed by atoms with E-state index in [1.807, 2.05) is 0 Å². The Hall–Kier alpha value is -3.65. The van der Waals surface area contributed by atoms with E-state index in [0.29, 0.717) is 17.1 Å². The van der Waals surface area contributed by atoms with Crippen molar-refractivity contribution in [1.82, 2.24) is 14.9 Å². The first-order valence-electron chi connectivity index (χ1n) is 8.77. The maximum absolute atomic E-state index is 13.0. The van der Waals surface area contributed by atoms with E-state index in [1.165, 1.54) is 14.2 Å². The molecule has 0 radical (unpaired) electrons. The molecule has 1 heterocycles. The van der Waals surface area contributed by atoms with Crippen LogP contribution in [0.2, 0.25) is 0 Å². The standard InChI is InChI=1S/C18H16F2N4O7S/c1-29-12-5-3-10(14(8-12)30-2)9-21-32(27,28)15-7-11(24(25)26)4-6-13(15)17-22-23-18(31-17)16(19)20/h3-8,16,21H,9H2,1-2H3. The number of hydrogen-bond acceptors (Lipinski definition) is 9. The number of ether oxygens (including phenoxy) is 2. The number of alkyl halides is 2. The molecular formula is C18H16F2N4O7S. The summed E-state index contributed by atoms with van der Waals surface area (Å²) in [4.78, 5) is 9.76. The second-order valence-electron chi connectivity index (χ2n) is 6.19. The molecule has 0 unspecified atom stereocenters. The molecule has 2 aromatic carbocycles. The third-order valence-electron chi connectivity index (χ3n) is 4.27. The van der Waals surface area contributed by atoms with E-state index in [9.17, 15) is 27.3 Å². The SMILES string of the molecule is COc1ccc(CNS(=O)(=O)c2cc([N+](=O)[O-])ccc2-c2nnc(C(F)F)o2)c(OC)c1. The molecule has 0 aliphatic carbocycles.